The summed E-state index contributed by atoms with van der Waals surface area (Å²) in [6.45, 7) is 26.0. The number of hydrogen-bond acceptors (Lipinski definition) is 5. The van der Waals surface area contributed by atoms with Gasteiger partial charge in [0.1, 0.15) is 5.76 Å². The van der Waals surface area contributed by atoms with Crippen LogP contribution in [0.25, 0.3) is 6.08 Å². The van der Waals surface area contributed by atoms with Gasteiger partial charge in [-0.15, -0.1) is 0 Å². The molecule has 0 fully saturated rings. The lowest BCUT2D eigenvalue weighted by molar-refractivity contribution is -0.113. The number of allylic oxidation sites excluding steroid dienone is 8. The Bertz CT molecular complexity index is 1210. The van der Waals surface area contributed by atoms with Gasteiger partial charge < -0.3 is 5.11 Å². The summed E-state index contributed by atoms with van der Waals surface area (Å²) in [6.07, 6.45) is 7.88. The molecule has 1 aliphatic heterocycles. The summed E-state index contributed by atoms with van der Waals surface area (Å²) in [7, 11) is 0. The Balaban J connectivity index is 2.03. The molecule has 2 aliphatic rings. The molecule has 1 aromatic rings. The topological polar surface area (TPSA) is 48.6 Å². The summed E-state index contributed by atoms with van der Waals surface area (Å²) < 4.78 is 6.12. The van der Waals surface area contributed by atoms with E-state index in [1.807, 2.05) is 30.0 Å². The van der Waals surface area contributed by atoms with Gasteiger partial charge in [0, 0.05) is 9.49 Å². The maximum atomic E-state index is 13.2. The standard InChI is InChI=1S/C32H42O3S3/c1-29(2,3)23-15-19(16-24(36-23)30(4,5)6)13-21-27(33)22(28(21)34)14-20-17-25(37-31(7,8)9)35-26(18-20)38-32(10,11)12/h13-18H,1-12H3/p+1. The lowest BCUT2D eigenvalue weighted by Gasteiger charge is -2.32. The van der Waals surface area contributed by atoms with Crippen molar-refractivity contribution in [3.63, 3.8) is 0 Å². The molecular formula is C32H43O3S3+. The lowest BCUT2D eigenvalue weighted by Crippen LogP contribution is -2.21. The Hall–Kier alpha value is -1.63. The van der Waals surface area contributed by atoms with E-state index in [-0.39, 0.29) is 31.9 Å². The summed E-state index contributed by atoms with van der Waals surface area (Å²) in [5.41, 5.74) is 2.47. The summed E-state index contributed by atoms with van der Waals surface area (Å²) in [5.74, 6) is -0.0894. The molecule has 0 amide bonds. The molecule has 0 radical (unpaired) electrons. The Morgan fingerprint density at radius 1 is 0.763 bits per heavy atom. The molecule has 2 heterocycles. The van der Waals surface area contributed by atoms with Crippen LogP contribution in [0, 0.1) is 10.8 Å². The van der Waals surface area contributed by atoms with E-state index in [4.69, 9.17) is 4.42 Å². The molecule has 0 atom stereocenters. The molecule has 206 valence electrons. The van der Waals surface area contributed by atoms with Crippen LogP contribution in [0.1, 0.15) is 88.6 Å². The molecule has 0 saturated carbocycles. The van der Waals surface area contributed by atoms with Crippen LogP contribution in [0.2, 0.25) is 0 Å². The minimum Gasteiger partial charge on any atom is -0.506 e. The van der Waals surface area contributed by atoms with E-state index in [0.29, 0.717) is 11.1 Å². The van der Waals surface area contributed by atoms with Gasteiger partial charge in [0.25, 0.3) is 0 Å². The van der Waals surface area contributed by atoms with Crippen LogP contribution in [0.4, 0.5) is 0 Å². The SMILES string of the molecule is CC(C)(C)Sc1cc(C=C2C(=O)C(C=C3C=C(C(C)(C)C)SC(C(C)(C)C)=C3)=C2O)cc(SC(C)(C)C)[o+]1. The lowest BCUT2D eigenvalue weighted by atomic mass is 9.84. The third kappa shape index (κ3) is 8.19. The fourth-order valence-electron chi connectivity index (χ4n) is 3.65. The van der Waals surface area contributed by atoms with Gasteiger partial charge in [-0.2, -0.15) is 4.42 Å². The molecule has 0 aromatic carbocycles. The summed E-state index contributed by atoms with van der Waals surface area (Å²) in [5, 5.41) is 12.5. The minimum atomic E-state index is -0.138. The van der Waals surface area contributed by atoms with Crippen molar-refractivity contribution in [3.8, 4) is 0 Å². The fraction of sp³-hybridized carbons (Fsp3) is 0.500. The highest BCUT2D eigenvalue weighted by Crippen LogP contribution is 2.49. The quantitative estimate of drug-likeness (QED) is 0.220. The van der Waals surface area contributed by atoms with Crippen molar-refractivity contribution >= 4 is 47.1 Å². The monoisotopic (exact) mass is 571 g/mol. The van der Waals surface area contributed by atoms with Gasteiger partial charge in [0.2, 0.25) is 5.78 Å². The van der Waals surface area contributed by atoms with Gasteiger partial charge in [0.15, 0.2) is 0 Å². The van der Waals surface area contributed by atoms with Crippen LogP contribution in [-0.2, 0) is 4.79 Å². The zero-order valence-electron chi connectivity index (χ0n) is 25.0. The average molecular weight is 572 g/mol. The molecule has 0 unspecified atom stereocenters. The summed E-state index contributed by atoms with van der Waals surface area (Å²) >= 11 is 5.10. The number of hydrogen-bond donors (Lipinski definition) is 1. The Morgan fingerprint density at radius 2 is 1.21 bits per heavy atom. The van der Waals surface area contributed by atoms with Crippen LogP contribution < -0.4 is 0 Å². The van der Waals surface area contributed by atoms with Crippen LogP contribution in [-0.4, -0.2) is 20.4 Å². The number of carbonyl (C=O) groups is 1. The van der Waals surface area contributed by atoms with E-state index < -0.39 is 0 Å². The van der Waals surface area contributed by atoms with E-state index in [1.54, 1.807) is 29.6 Å². The third-order valence-electron chi connectivity index (χ3n) is 5.50. The van der Waals surface area contributed by atoms with Crippen molar-refractivity contribution < 1.29 is 14.3 Å². The summed E-state index contributed by atoms with van der Waals surface area (Å²) in [6, 6.07) is 3.89. The van der Waals surface area contributed by atoms with Crippen LogP contribution >= 0.6 is 35.3 Å². The first-order chi connectivity index (χ1) is 17.1. The highest BCUT2D eigenvalue weighted by molar-refractivity contribution is 8.06. The first-order valence-corrected chi connectivity index (χ1v) is 15.5. The van der Waals surface area contributed by atoms with Gasteiger partial charge in [0.05, 0.1) is 23.3 Å². The zero-order valence-corrected chi connectivity index (χ0v) is 27.4. The molecule has 0 saturated heterocycles. The number of aliphatic hydroxyl groups excluding tert-OH is 1. The molecule has 38 heavy (non-hydrogen) atoms. The van der Waals surface area contributed by atoms with Crippen molar-refractivity contribution in [1.29, 1.82) is 0 Å². The number of aliphatic hydroxyl groups is 1. The highest BCUT2D eigenvalue weighted by atomic mass is 32.2. The molecule has 1 N–H and O–H groups in total. The maximum absolute atomic E-state index is 13.2. The average Bonchev–Trinajstić information content (AvgIpc) is 2.71. The van der Waals surface area contributed by atoms with E-state index in [0.717, 1.165) is 21.3 Å². The molecular weight excluding hydrogens is 529 g/mol. The number of carbonyl (C=O) groups excluding carboxylic acids is 1. The number of ketones is 1. The second kappa shape index (κ2) is 10.7. The minimum absolute atomic E-state index is 0.0104. The van der Waals surface area contributed by atoms with Crippen molar-refractivity contribution in [2.24, 2.45) is 10.8 Å². The largest absolute Gasteiger partial charge is 0.506 e. The van der Waals surface area contributed by atoms with E-state index in [1.165, 1.54) is 9.81 Å². The van der Waals surface area contributed by atoms with Crippen LogP contribution in [0.5, 0.6) is 0 Å². The van der Waals surface area contributed by atoms with Crippen molar-refractivity contribution in [2.75, 3.05) is 0 Å². The molecule has 6 heteroatoms. The second-order valence-electron chi connectivity index (χ2n) is 13.9. The van der Waals surface area contributed by atoms with Gasteiger partial charge in [-0.25, -0.2) is 0 Å². The van der Waals surface area contributed by atoms with Crippen molar-refractivity contribution in [2.45, 2.75) is 103 Å². The number of thioether (sulfide) groups is 3. The molecule has 3 rings (SSSR count). The normalized spacial score (nSPS) is 18.5. The molecule has 1 aliphatic carbocycles. The zero-order chi connectivity index (χ0) is 28.8. The maximum Gasteiger partial charge on any atom is 0.389 e. The van der Waals surface area contributed by atoms with Gasteiger partial charge in [-0.3, -0.25) is 4.79 Å². The van der Waals surface area contributed by atoms with E-state index in [9.17, 15) is 9.90 Å². The van der Waals surface area contributed by atoms with Crippen LogP contribution in [0.3, 0.4) is 0 Å². The first-order valence-electron chi connectivity index (χ1n) is 13.0. The van der Waals surface area contributed by atoms with Gasteiger partial charge in [-0.1, -0.05) is 94.8 Å². The fourth-order valence-corrected chi connectivity index (χ4v) is 6.80. The van der Waals surface area contributed by atoms with Crippen LogP contribution in [0.15, 0.2) is 77.3 Å². The molecule has 0 spiro atoms. The smallest absolute Gasteiger partial charge is 0.389 e. The predicted octanol–water partition coefficient (Wildman–Crippen LogP) is 10.7. The molecule has 0 bridgehead atoms. The Kier molecular flexibility index (Phi) is 8.74. The van der Waals surface area contributed by atoms with E-state index in [2.05, 4.69) is 95.2 Å². The number of Topliss-reactive ketones (excluding diaryl/α,β-unsaturated/α-hetero) is 1. The van der Waals surface area contributed by atoms with Crippen molar-refractivity contribution in [3.05, 3.63) is 68.2 Å². The highest BCUT2D eigenvalue weighted by Gasteiger charge is 2.34. The first kappa shape index (κ1) is 30.9. The summed E-state index contributed by atoms with van der Waals surface area (Å²) in [4.78, 5) is 15.7. The Labute approximate surface area is 242 Å². The second-order valence-corrected chi connectivity index (χ2v) is 18.6. The molecule has 3 nitrogen and oxygen atoms in total. The third-order valence-corrected chi connectivity index (χ3v) is 9.43. The number of rotatable bonds is 4. The van der Waals surface area contributed by atoms with Gasteiger partial charge in [-0.05, 0) is 79.6 Å². The molecule has 1 aromatic heterocycles. The Morgan fingerprint density at radius 3 is 1.58 bits per heavy atom. The van der Waals surface area contributed by atoms with Gasteiger partial charge >= 0.3 is 10.2 Å². The van der Waals surface area contributed by atoms with Crippen molar-refractivity contribution in [1.82, 2.24) is 0 Å². The predicted molar refractivity (Wildman–Crippen MR) is 168 cm³/mol. The van der Waals surface area contributed by atoms with E-state index >= 15 is 0 Å².